The van der Waals surface area contributed by atoms with E-state index >= 15 is 0 Å². The summed E-state index contributed by atoms with van der Waals surface area (Å²) < 4.78 is 2.03. The number of nitrogens with zero attached hydrogens (tertiary/aromatic N) is 3. The Balaban J connectivity index is 2.35. The summed E-state index contributed by atoms with van der Waals surface area (Å²) in [5.74, 6) is -0.0255. The van der Waals surface area contributed by atoms with E-state index in [0.717, 1.165) is 25.3 Å². The number of aromatic nitrogens is 2. The summed E-state index contributed by atoms with van der Waals surface area (Å²) in [6.07, 6.45) is 1.74. The molecule has 0 saturated heterocycles. The predicted octanol–water partition coefficient (Wildman–Crippen LogP) is -0.312. The zero-order chi connectivity index (χ0) is 10.1. The second-order valence-corrected chi connectivity index (χ2v) is 3.61. The van der Waals surface area contributed by atoms with E-state index in [1.165, 1.54) is 0 Å². The number of carbonyl (C=O) groups is 1. The fraction of sp³-hybridized carbons (Fsp3) is 0.556. The van der Waals surface area contributed by atoms with Crippen LogP contribution in [-0.2, 0) is 13.1 Å². The van der Waals surface area contributed by atoms with Crippen LogP contribution in [-0.4, -0.2) is 41.0 Å². The minimum absolute atomic E-state index is 0.0255. The summed E-state index contributed by atoms with van der Waals surface area (Å²) in [6.45, 7) is 2.57. The minimum atomic E-state index is -0.0255. The largest absolute Gasteiger partial charge is 0.343 e. The lowest BCUT2D eigenvalue weighted by molar-refractivity contribution is 0.0820. The number of carbonyl (C=O) groups excluding carboxylic acids is 1. The fourth-order valence-corrected chi connectivity index (χ4v) is 1.58. The third kappa shape index (κ3) is 1.39. The van der Waals surface area contributed by atoms with Gasteiger partial charge in [0.2, 0.25) is 0 Å². The third-order valence-corrected chi connectivity index (χ3v) is 2.38. The summed E-state index contributed by atoms with van der Waals surface area (Å²) in [7, 11) is 3.48. The van der Waals surface area contributed by atoms with Gasteiger partial charge in [0, 0.05) is 33.7 Å². The van der Waals surface area contributed by atoms with Crippen molar-refractivity contribution >= 4 is 5.91 Å². The molecule has 1 aliphatic rings. The van der Waals surface area contributed by atoms with E-state index in [4.69, 9.17) is 0 Å². The smallest absolute Gasteiger partial charge is 0.273 e. The van der Waals surface area contributed by atoms with Gasteiger partial charge in [-0.15, -0.1) is 0 Å². The van der Waals surface area contributed by atoms with Crippen LogP contribution in [0, 0.1) is 0 Å². The highest BCUT2D eigenvalue weighted by Gasteiger charge is 2.20. The number of fused-ring (bicyclic) bond motifs is 1. The standard InChI is InChI=1S/C9H14N4O/c1-12(2)9(14)8-7-5-10-3-4-13(7)6-11-8/h6,10H,3-5H2,1-2H3. The molecule has 0 bridgehead atoms. The lowest BCUT2D eigenvalue weighted by Crippen LogP contribution is -2.30. The van der Waals surface area contributed by atoms with Crippen molar-refractivity contribution in [2.45, 2.75) is 13.1 Å². The van der Waals surface area contributed by atoms with Crippen molar-refractivity contribution in [3.8, 4) is 0 Å². The molecule has 1 N–H and O–H groups in total. The van der Waals surface area contributed by atoms with Crippen molar-refractivity contribution in [1.29, 1.82) is 0 Å². The van der Waals surface area contributed by atoms with Crippen molar-refractivity contribution in [3.63, 3.8) is 0 Å². The lowest BCUT2D eigenvalue weighted by Gasteiger charge is -2.17. The van der Waals surface area contributed by atoms with Gasteiger partial charge in [-0.25, -0.2) is 4.98 Å². The number of hydrogen-bond donors (Lipinski definition) is 1. The molecule has 0 aliphatic carbocycles. The molecule has 5 heteroatoms. The Kier molecular flexibility index (Phi) is 2.25. The Morgan fingerprint density at radius 3 is 3.14 bits per heavy atom. The second-order valence-electron chi connectivity index (χ2n) is 3.61. The maximum absolute atomic E-state index is 11.7. The van der Waals surface area contributed by atoms with E-state index in [9.17, 15) is 4.79 Å². The summed E-state index contributed by atoms with van der Waals surface area (Å²) >= 11 is 0. The first-order valence-electron chi connectivity index (χ1n) is 4.66. The van der Waals surface area contributed by atoms with Gasteiger partial charge >= 0.3 is 0 Å². The van der Waals surface area contributed by atoms with Crippen molar-refractivity contribution in [3.05, 3.63) is 17.7 Å². The molecular weight excluding hydrogens is 180 g/mol. The quantitative estimate of drug-likeness (QED) is 0.667. The van der Waals surface area contributed by atoms with Crippen LogP contribution in [0.15, 0.2) is 6.33 Å². The Morgan fingerprint density at radius 2 is 2.43 bits per heavy atom. The minimum Gasteiger partial charge on any atom is -0.343 e. The molecule has 76 valence electrons. The highest BCUT2D eigenvalue weighted by Crippen LogP contribution is 2.11. The molecule has 0 spiro atoms. The van der Waals surface area contributed by atoms with Crippen molar-refractivity contribution in [2.24, 2.45) is 0 Å². The van der Waals surface area contributed by atoms with Gasteiger partial charge < -0.3 is 14.8 Å². The van der Waals surface area contributed by atoms with Crippen LogP contribution < -0.4 is 5.32 Å². The maximum atomic E-state index is 11.7. The van der Waals surface area contributed by atoms with Crippen LogP contribution >= 0.6 is 0 Å². The molecule has 1 aromatic heterocycles. The molecule has 1 aliphatic heterocycles. The topological polar surface area (TPSA) is 50.2 Å². The van der Waals surface area contributed by atoms with E-state index in [-0.39, 0.29) is 5.91 Å². The zero-order valence-corrected chi connectivity index (χ0v) is 8.45. The van der Waals surface area contributed by atoms with Crippen LogP contribution in [0.1, 0.15) is 16.2 Å². The Bertz CT molecular complexity index is 356. The van der Waals surface area contributed by atoms with Gasteiger partial charge in [0.25, 0.3) is 5.91 Å². The van der Waals surface area contributed by atoms with Gasteiger partial charge in [-0.1, -0.05) is 0 Å². The van der Waals surface area contributed by atoms with Gasteiger partial charge in [0.1, 0.15) is 0 Å². The Labute approximate surface area is 82.7 Å². The molecular formula is C9H14N4O. The Morgan fingerprint density at radius 1 is 1.64 bits per heavy atom. The normalized spacial score (nSPS) is 15.0. The van der Waals surface area contributed by atoms with Crippen LogP contribution in [0.4, 0.5) is 0 Å². The van der Waals surface area contributed by atoms with Crippen molar-refractivity contribution < 1.29 is 4.79 Å². The molecule has 14 heavy (non-hydrogen) atoms. The summed E-state index contributed by atoms with van der Waals surface area (Å²) in [5.41, 5.74) is 1.57. The van der Waals surface area contributed by atoms with Gasteiger partial charge in [-0.2, -0.15) is 0 Å². The number of amides is 1. The van der Waals surface area contributed by atoms with Crippen LogP contribution in [0.5, 0.6) is 0 Å². The zero-order valence-electron chi connectivity index (χ0n) is 8.45. The van der Waals surface area contributed by atoms with Gasteiger partial charge in [-0.3, -0.25) is 4.79 Å². The molecule has 2 rings (SSSR count). The number of nitrogens with one attached hydrogen (secondary N) is 1. The first-order valence-corrected chi connectivity index (χ1v) is 4.66. The summed E-state index contributed by atoms with van der Waals surface area (Å²) in [4.78, 5) is 17.4. The summed E-state index contributed by atoms with van der Waals surface area (Å²) in [5, 5.41) is 3.23. The number of imidazole rings is 1. The molecule has 2 heterocycles. The predicted molar refractivity (Wildman–Crippen MR) is 52.0 cm³/mol. The third-order valence-electron chi connectivity index (χ3n) is 2.38. The average Bonchev–Trinajstić information content (AvgIpc) is 2.60. The highest BCUT2D eigenvalue weighted by atomic mass is 16.2. The van der Waals surface area contributed by atoms with Gasteiger partial charge in [0.05, 0.1) is 12.0 Å². The van der Waals surface area contributed by atoms with E-state index in [2.05, 4.69) is 10.3 Å². The number of rotatable bonds is 1. The molecule has 0 saturated carbocycles. The maximum Gasteiger partial charge on any atom is 0.273 e. The van der Waals surface area contributed by atoms with E-state index < -0.39 is 0 Å². The first-order chi connectivity index (χ1) is 6.70. The van der Waals surface area contributed by atoms with E-state index in [1.807, 2.05) is 4.57 Å². The fourth-order valence-electron chi connectivity index (χ4n) is 1.58. The molecule has 1 aromatic rings. The SMILES string of the molecule is CN(C)C(=O)c1ncn2c1CNCC2. The Hall–Kier alpha value is -1.36. The number of hydrogen-bond acceptors (Lipinski definition) is 3. The van der Waals surface area contributed by atoms with Crippen LogP contribution in [0.2, 0.25) is 0 Å². The lowest BCUT2D eigenvalue weighted by atomic mass is 10.2. The first kappa shape index (κ1) is 9.21. The molecule has 0 fully saturated rings. The molecule has 0 unspecified atom stereocenters. The van der Waals surface area contributed by atoms with Crippen LogP contribution in [0.3, 0.4) is 0 Å². The van der Waals surface area contributed by atoms with Crippen molar-refractivity contribution in [2.75, 3.05) is 20.6 Å². The van der Waals surface area contributed by atoms with Gasteiger partial charge in [0.15, 0.2) is 5.69 Å². The molecule has 5 nitrogen and oxygen atoms in total. The molecule has 1 amide bonds. The van der Waals surface area contributed by atoms with E-state index in [1.54, 1.807) is 25.3 Å². The molecule has 0 aromatic carbocycles. The monoisotopic (exact) mass is 194 g/mol. The van der Waals surface area contributed by atoms with Crippen LogP contribution in [0.25, 0.3) is 0 Å². The van der Waals surface area contributed by atoms with E-state index in [0.29, 0.717) is 5.69 Å². The molecule has 0 radical (unpaired) electrons. The van der Waals surface area contributed by atoms with Gasteiger partial charge in [-0.05, 0) is 0 Å². The second kappa shape index (κ2) is 3.42. The summed E-state index contributed by atoms with van der Waals surface area (Å²) in [6, 6.07) is 0. The average molecular weight is 194 g/mol. The van der Waals surface area contributed by atoms with Crippen molar-refractivity contribution in [1.82, 2.24) is 19.8 Å². The highest BCUT2D eigenvalue weighted by molar-refractivity contribution is 5.93. The molecule has 0 atom stereocenters.